The van der Waals surface area contributed by atoms with Gasteiger partial charge in [-0.2, -0.15) is 0 Å². The Kier molecular flexibility index (Phi) is 2.87. The van der Waals surface area contributed by atoms with Gasteiger partial charge in [0, 0.05) is 6.07 Å². The van der Waals surface area contributed by atoms with Gasteiger partial charge in [0.2, 0.25) is 5.88 Å². The van der Waals surface area contributed by atoms with Crippen molar-refractivity contribution < 1.29 is 9.53 Å². The Morgan fingerprint density at radius 3 is 2.71 bits per heavy atom. The lowest BCUT2D eigenvalue weighted by Crippen LogP contribution is -2.12. The zero-order chi connectivity index (χ0) is 12.3. The molecule has 86 valence electrons. The minimum absolute atomic E-state index is 0.256. The molecule has 1 aromatic heterocycles. The number of hydrogen-bond donors (Lipinski definition) is 2. The van der Waals surface area contributed by atoms with Crippen molar-refractivity contribution in [1.29, 1.82) is 0 Å². The Bertz CT molecular complexity index is 557. The Labute approximate surface area is 97.2 Å². The minimum Gasteiger partial charge on any atom is -0.438 e. The van der Waals surface area contributed by atoms with E-state index in [9.17, 15) is 4.79 Å². The van der Waals surface area contributed by atoms with E-state index in [-0.39, 0.29) is 17.3 Å². The van der Waals surface area contributed by atoms with Gasteiger partial charge in [-0.3, -0.25) is 4.79 Å². The maximum atomic E-state index is 11.2. The Morgan fingerprint density at radius 1 is 1.24 bits per heavy atom. The second-order valence-electron chi connectivity index (χ2n) is 3.24. The molecule has 1 heterocycles. The molecule has 0 aliphatic heterocycles. The number of anilines is 1. The molecular weight excluding hydrogens is 220 g/mol. The SMILES string of the molecule is NC(=O)c1ccccc1Oc1cc(N)ncn1. The molecular formula is C11H10N4O2. The van der Waals surface area contributed by atoms with Crippen LogP contribution in [0.5, 0.6) is 11.6 Å². The van der Waals surface area contributed by atoms with Gasteiger partial charge < -0.3 is 16.2 Å². The summed E-state index contributed by atoms with van der Waals surface area (Å²) in [6.45, 7) is 0. The maximum Gasteiger partial charge on any atom is 0.252 e. The van der Waals surface area contributed by atoms with Gasteiger partial charge in [0.1, 0.15) is 17.9 Å². The number of primary amides is 1. The van der Waals surface area contributed by atoms with E-state index < -0.39 is 5.91 Å². The molecule has 2 rings (SSSR count). The van der Waals surface area contributed by atoms with Crippen molar-refractivity contribution >= 4 is 11.7 Å². The maximum absolute atomic E-state index is 11.2. The summed E-state index contributed by atoms with van der Waals surface area (Å²) in [4.78, 5) is 18.8. The van der Waals surface area contributed by atoms with Crippen LogP contribution >= 0.6 is 0 Å². The molecule has 0 radical (unpaired) electrons. The zero-order valence-corrected chi connectivity index (χ0v) is 8.83. The Hall–Kier alpha value is -2.63. The molecule has 0 aliphatic rings. The number of nitrogens with zero attached hydrogens (tertiary/aromatic N) is 2. The van der Waals surface area contributed by atoms with Crippen LogP contribution in [-0.4, -0.2) is 15.9 Å². The standard InChI is InChI=1S/C11H10N4O2/c12-9-5-10(15-6-14-9)17-8-4-2-1-3-7(8)11(13)16/h1-6H,(H2,13,16)(H2,12,14,15). The van der Waals surface area contributed by atoms with Crippen molar-refractivity contribution in [2.24, 2.45) is 5.73 Å². The third kappa shape index (κ3) is 2.49. The largest absolute Gasteiger partial charge is 0.438 e. The summed E-state index contributed by atoms with van der Waals surface area (Å²) in [5.41, 5.74) is 11.0. The quantitative estimate of drug-likeness (QED) is 0.816. The molecule has 0 saturated carbocycles. The van der Waals surface area contributed by atoms with Crippen LogP contribution in [-0.2, 0) is 0 Å². The summed E-state index contributed by atoms with van der Waals surface area (Å²) < 4.78 is 5.42. The molecule has 1 amide bonds. The fourth-order valence-electron chi connectivity index (χ4n) is 1.28. The van der Waals surface area contributed by atoms with Crippen LogP contribution in [0.2, 0.25) is 0 Å². The first kappa shape index (κ1) is 10.9. The molecule has 17 heavy (non-hydrogen) atoms. The van der Waals surface area contributed by atoms with E-state index in [4.69, 9.17) is 16.2 Å². The average molecular weight is 230 g/mol. The van der Waals surface area contributed by atoms with Gasteiger partial charge in [-0.15, -0.1) is 0 Å². The molecule has 0 unspecified atom stereocenters. The summed E-state index contributed by atoms with van der Waals surface area (Å²) in [6.07, 6.45) is 1.28. The monoisotopic (exact) mass is 230 g/mol. The predicted molar refractivity (Wildman–Crippen MR) is 61.5 cm³/mol. The van der Waals surface area contributed by atoms with Crippen molar-refractivity contribution in [3.63, 3.8) is 0 Å². The number of aromatic nitrogens is 2. The molecule has 0 bridgehead atoms. The van der Waals surface area contributed by atoms with Crippen LogP contribution in [0.1, 0.15) is 10.4 Å². The number of hydrogen-bond acceptors (Lipinski definition) is 5. The van der Waals surface area contributed by atoms with Crippen LogP contribution in [0.4, 0.5) is 5.82 Å². The van der Waals surface area contributed by atoms with Crippen molar-refractivity contribution in [3.8, 4) is 11.6 Å². The lowest BCUT2D eigenvalue weighted by molar-refractivity contribution is 0.0998. The Balaban J connectivity index is 2.33. The summed E-state index contributed by atoms with van der Waals surface area (Å²) in [5.74, 6) is 0.304. The van der Waals surface area contributed by atoms with Crippen molar-refractivity contribution in [2.45, 2.75) is 0 Å². The molecule has 0 fully saturated rings. The molecule has 2 aromatic rings. The number of benzene rings is 1. The third-order valence-electron chi connectivity index (χ3n) is 2.03. The highest BCUT2D eigenvalue weighted by Gasteiger charge is 2.09. The fourth-order valence-corrected chi connectivity index (χ4v) is 1.28. The molecule has 0 atom stereocenters. The molecule has 6 heteroatoms. The molecule has 1 aromatic carbocycles. The second-order valence-corrected chi connectivity index (χ2v) is 3.24. The average Bonchev–Trinajstić information content (AvgIpc) is 2.29. The number of ether oxygens (including phenoxy) is 1. The topological polar surface area (TPSA) is 104 Å². The van der Waals surface area contributed by atoms with Crippen molar-refractivity contribution in [2.75, 3.05) is 5.73 Å². The smallest absolute Gasteiger partial charge is 0.252 e. The molecule has 0 saturated heterocycles. The minimum atomic E-state index is -0.567. The highest BCUT2D eigenvalue weighted by molar-refractivity contribution is 5.95. The van der Waals surface area contributed by atoms with Gasteiger partial charge in [0.15, 0.2) is 0 Å². The van der Waals surface area contributed by atoms with E-state index in [0.29, 0.717) is 5.75 Å². The normalized spacial score (nSPS) is 9.88. The third-order valence-corrected chi connectivity index (χ3v) is 2.03. The van der Waals surface area contributed by atoms with E-state index in [1.807, 2.05) is 0 Å². The lowest BCUT2D eigenvalue weighted by Gasteiger charge is -2.07. The molecule has 0 spiro atoms. The second kappa shape index (κ2) is 4.48. The van der Waals surface area contributed by atoms with E-state index >= 15 is 0 Å². The number of amides is 1. The number of nitrogen functional groups attached to an aromatic ring is 1. The van der Waals surface area contributed by atoms with Crippen LogP contribution in [0.3, 0.4) is 0 Å². The predicted octanol–water partition coefficient (Wildman–Crippen LogP) is 0.950. The molecule has 4 N–H and O–H groups in total. The first-order chi connectivity index (χ1) is 8.16. The van der Waals surface area contributed by atoms with E-state index in [0.717, 1.165) is 0 Å². The number of rotatable bonds is 3. The van der Waals surface area contributed by atoms with Crippen LogP contribution < -0.4 is 16.2 Å². The number of para-hydroxylation sites is 1. The number of nitrogens with two attached hydrogens (primary N) is 2. The number of carbonyl (C=O) groups excluding carboxylic acids is 1. The number of carbonyl (C=O) groups is 1. The van der Waals surface area contributed by atoms with Crippen molar-refractivity contribution in [1.82, 2.24) is 9.97 Å². The first-order valence-electron chi connectivity index (χ1n) is 4.81. The van der Waals surface area contributed by atoms with Gasteiger partial charge in [0.05, 0.1) is 5.56 Å². The van der Waals surface area contributed by atoms with E-state index in [1.54, 1.807) is 24.3 Å². The van der Waals surface area contributed by atoms with Gasteiger partial charge in [0.25, 0.3) is 5.91 Å². The van der Waals surface area contributed by atoms with E-state index in [2.05, 4.69) is 9.97 Å². The summed E-state index contributed by atoms with van der Waals surface area (Å²) >= 11 is 0. The molecule has 6 nitrogen and oxygen atoms in total. The van der Waals surface area contributed by atoms with Gasteiger partial charge in [-0.1, -0.05) is 12.1 Å². The van der Waals surface area contributed by atoms with Crippen LogP contribution in [0.15, 0.2) is 36.7 Å². The van der Waals surface area contributed by atoms with Crippen LogP contribution in [0, 0.1) is 0 Å². The van der Waals surface area contributed by atoms with E-state index in [1.165, 1.54) is 12.4 Å². The van der Waals surface area contributed by atoms with Crippen LogP contribution in [0.25, 0.3) is 0 Å². The Morgan fingerprint density at radius 2 is 2.00 bits per heavy atom. The zero-order valence-electron chi connectivity index (χ0n) is 8.83. The van der Waals surface area contributed by atoms with Gasteiger partial charge in [-0.05, 0) is 12.1 Å². The van der Waals surface area contributed by atoms with Gasteiger partial charge >= 0.3 is 0 Å². The summed E-state index contributed by atoms with van der Waals surface area (Å²) in [7, 11) is 0. The summed E-state index contributed by atoms with van der Waals surface area (Å²) in [6, 6.07) is 8.08. The van der Waals surface area contributed by atoms with Crippen molar-refractivity contribution in [3.05, 3.63) is 42.2 Å². The first-order valence-corrected chi connectivity index (χ1v) is 4.81. The lowest BCUT2D eigenvalue weighted by atomic mass is 10.2. The highest BCUT2D eigenvalue weighted by atomic mass is 16.5. The summed E-state index contributed by atoms with van der Waals surface area (Å²) in [5, 5.41) is 0. The molecule has 0 aliphatic carbocycles. The fraction of sp³-hybridized carbons (Fsp3) is 0. The van der Waals surface area contributed by atoms with Gasteiger partial charge in [-0.25, -0.2) is 9.97 Å². The highest BCUT2D eigenvalue weighted by Crippen LogP contribution is 2.23.